The van der Waals surface area contributed by atoms with Gasteiger partial charge in [-0.25, -0.2) is 0 Å². The van der Waals surface area contributed by atoms with E-state index in [4.69, 9.17) is 21.1 Å². The molecule has 2 aromatic rings. The molecule has 0 radical (unpaired) electrons. The van der Waals surface area contributed by atoms with Gasteiger partial charge in [0, 0.05) is 30.8 Å². The van der Waals surface area contributed by atoms with Crippen LogP contribution in [0.4, 0.5) is 0 Å². The van der Waals surface area contributed by atoms with Crippen molar-refractivity contribution in [3.8, 4) is 5.75 Å². The quantitative estimate of drug-likeness (QED) is 0.752. The van der Waals surface area contributed by atoms with Crippen molar-refractivity contribution in [2.75, 3.05) is 20.3 Å². The lowest BCUT2D eigenvalue weighted by atomic mass is 10.2. The van der Waals surface area contributed by atoms with Gasteiger partial charge in [0.25, 0.3) is 0 Å². The number of hydrogen-bond acceptors (Lipinski definition) is 6. The molecular weight excluding hydrogens is 282 g/mol. The molecule has 0 unspecified atom stereocenters. The van der Waals surface area contributed by atoms with E-state index in [9.17, 15) is 0 Å². The van der Waals surface area contributed by atoms with Gasteiger partial charge in [-0.3, -0.25) is 0 Å². The van der Waals surface area contributed by atoms with Crippen LogP contribution in [-0.4, -0.2) is 30.4 Å². The zero-order valence-electron chi connectivity index (χ0n) is 11.1. The lowest BCUT2D eigenvalue weighted by Gasteiger charge is -2.11. The maximum Gasteiger partial charge on any atom is 0.213 e. The Morgan fingerprint density at radius 2 is 2.30 bits per heavy atom. The minimum Gasteiger partial charge on any atom is -0.485 e. The van der Waals surface area contributed by atoms with E-state index in [2.05, 4.69) is 20.0 Å². The van der Waals surface area contributed by atoms with Crippen molar-refractivity contribution in [3.05, 3.63) is 41.0 Å². The van der Waals surface area contributed by atoms with Crippen LogP contribution in [0.1, 0.15) is 11.4 Å². The third-order valence-electron chi connectivity index (χ3n) is 2.58. The molecule has 0 fully saturated rings. The minimum atomic E-state index is 0.253. The predicted octanol–water partition coefficient (Wildman–Crippen LogP) is 2.04. The van der Waals surface area contributed by atoms with Crippen molar-refractivity contribution >= 4 is 11.6 Å². The number of nitrogens with zero attached hydrogens (tertiary/aromatic N) is 2. The lowest BCUT2D eigenvalue weighted by molar-refractivity contribution is 0.199. The summed E-state index contributed by atoms with van der Waals surface area (Å²) in [5, 5.41) is 7.61. The first-order valence-corrected chi connectivity index (χ1v) is 6.53. The van der Waals surface area contributed by atoms with Gasteiger partial charge in [-0.2, -0.15) is 4.98 Å². The first kappa shape index (κ1) is 14.8. The Hall–Kier alpha value is -1.63. The number of halogens is 1. The molecule has 1 heterocycles. The number of benzene rings is 1. The fourth-order valence-electron chi connectivity index (χ4n) is 1.62. The SMILES string of the molecule is COCCNCc1cc(Cl)ccc1OCc1ncon1. The van der Waals surface area contributed by atoms with E-state index in [1.54, 1.807) is 13.2 Å². The maximum absolute atomic E-state index is 6.01. The normalized spacial score (nSPS) is 10.7. The first-order valence-electron chi connectivity index (χ1n) is 6.15. The highest BCUT2D eigenvalue weighted by molar-refractivity contribution is 6.30. The van der Waals surface area contributed by atoms with Gasteiger partial charge in [0.1, 0.15) is 5.75 Å². The van der Waals surface area contributed by atoms with Gasteiger partial charge < -0.3 is 19.3 Å². The highest BCUT2D eigenvalue weighted by Crippen LogP contribution is 2.23. The van der Waals surface area contributed by atoms with Crippen LogP contribution >= 0.6 is 11.6 Å². The topological polar surface area (TPSA) is 69.4 Å². The standard InChI is InChI=1S/C13H16ClN3O3/c1-18-5-4-15-7-10-6-11(14)2-3-12(10)19-8-13-16-9-20-17-13/h2-3,6,9,15H,4-5,7-8H2,1H3. The Morgan fingerprint density at radius 1 is 1.40 bits per heavy atom. The largest absolute Gasteiger partial charge is 0.485 e. The van der Waals surface area contributed by atoms with Gasteiger partial charge in [-0.15, -0.1) is 0 Å². The molecule has 1 N–H and O–H groups in total. The summed E-state index contributed by atoms with van der Waals surface area (Å²) in [6.45, 7) is 2.31. The molecule has 20 heavy (non-hydrogen) atoms. The van der Waals surface area contributed by atoms with E-state index in [1.165, 1.54) is 6.39 Å². The molecule has 0 aliphatic carbocycles. The molecule has 6 nitrogen and oxygen atoms in total. The van der Waals surface area contributed by atoms with Gasteiger partial charge in [-0.1, -0.05) is 16.8 Å². The number of aromatic nitrogens is 2. The summed E-state index contributed by atoms with van der Waals surface area (Å²) in [7, 11) is 1.67. The number of hydrogen-bond donors (Lipinski definition) is 1. The van der Waals surface area contributed by atoms with Gasteiger partial charge in [0.2, 0.25) is 12.2 Å². The highest BCUT2D eigenvalue weighted by Gasteiger charge is 2.07. The molecule has 1 aromatic carbocycles. The number of ether oxygens (including phenoxy) is 2. The third kappa shape index (κ3) is 4.48. The summed E-state index contributed by atoms with van der Waals surface area (Å²) in [4.78, 5) is 3.90. The van der Waals surface area contributed by atoms with Crippen LogP contribution in [-0.2, 0) is 17.9 Å². The molecule has 0 bridgehead atoms. The van der Waals surface area contributed by atoms with Crippen LogP contribution in [0.3, 0.4) is 0 Å². The fraction of sp³-hybridized carbons (Fsp3) is 0.385. The average molecular weight is 298 g/mol. The van der Waals surface area contributed by atoms with Crippen LogP contribution in [0.25, 0.3) is 0 Å². The van der Waals surface area contributed by atoms with E-state index >= 15 is 0 Å². The molecule has 0 spiro atoms. The molecule has 0 saturated heterocycles. The zero-order chi connectivity index (χ0) is 14.2. The van der Waals surface area contributed by atoms with Crippen LogP contribution in [0.15, 0.2) is 29.1 Å². The lowest BCUT2D eigenvalue weighted by Crippen LogP contribution is -2.19. The van der Waals surface area contributed by atoms with Crippen LogP contribution in [0.2, 0.25) is 5.02 Å². The van der Waals surface area contributed by atoms with Gasteiger partial charge in [0.05, 0.1) is 6.61 Å². The molecule has 1 aromatic heterocycles. The molecule has 2 rings (SSSR count). The van der Waals surface area contributed by atoms with Crippen molar-refractivity contribution in [1.29, 1.82) is 0 Å². The van der Waals surface area contributed by atoms with Crippen molar-refractivity contribution in [2.45, 2.75) is 13.2 Å². The summed E-state index contributed by atoms with van der Waals surface area (Å²) in [5.74, 6) is 1.24. The van der Waals surface area contributed by atoms with Crippen molar-refractivity contribution < 1.29 is 14.0 Å². The van der Waals surface area contributed by atoms with Crippen molar-refractivity contribution in [2.24, 2.45) is 0 Å². The van der Waals surface area contributed by atoms with Crippen LogP contribution < -0.4 is 10.1 Å². The molecule has 108 valence electrons. The fourth-order valence-corrected chi connectivity index (χ4v) is 1.82. The second kappa shape index (κ2) is 7.84. The molecule has 0 aliphatic heterocycles. The second-order valence-electron chi connectivity index (χ2n) is 4.06. The van der Waals surface area contributed by atoms with E-state index in [0.29, 0.717) is 24.0 Å². The molecule has 0 amide bonds. The molecule has 0 atom stereocenters. The highest BCUT2D eigenvalue weighted by atomic mass is 35.5. The molecule has 7 heteroatoms. The molecule has 0 saturated carbocycles. The summed E-state index contributed by atoms with van der Waals surface area (Å²) < 4.78 is 15.3. The van der Waals surface area contributed by atoms with Crippen LogP contribution in [0, 0.1) is 0 Å². The Morgan fingerprint density at radius 3 is 3.05 bits per heavy atom. The minimum absolute atomic E-state index is 0.253. The first-order chi connectivity index (χ1) is 9.79. The van der Waals surface area contributed by atoms with Crippen molar-refractivity contribution in [3.63, 3.8) is 0 Å². The zero-order valence-corrected chi connectivity index (χ0v) is 11.9. The number of rotatable bonds is 8. The van der Waals surface area contributed by atoms with E-state index in [0.717, 1.165) is 17.9 Å². The Kier molecular flexibility index (Phi) is 5.79. The summed E-state index contributed by atoms with van der Waals surface area (Å²) in [6.07, 6.45) is 1.27. The van der Waals surface area contributed by atoms with Gasteiger partial charge >= 0.3 is 0 Å². The third-order valence-corrected chi connectivity index (χ3v) is 2.82. The molecular formula is C13H16ClN3O3. The van der Waals surface area contributed by atoms with Gasteiger partial charge in [0.15, 0.2) is 6.61 Å². The Balaban J connectivity index is 1.95. The molecule has 0 aliphatic rings. The maximum atomic E-state index is 6.01. The average Bonchev–Trinajstić information content (AvgIpc) is 2.96. The summed E-state index contributed by atoms with van der Waals surface area (Å²) in [5.41, 5.74) is 0.970. The van der Waals surface area contributed by atoms with Crippen LogP contribution in [0.5, 0.6) is 5.75 Å². The number of nitrogens with one attached hydrogen (secondary N) is 1. The Bertz CT molecular complexity index is 520. The number of methoxy groups -OCH3 is 1. The monoisotopic (exact) mass is 297 g/mol. The van der Waals surface area contributed by atoms with E-state index < -0.39 is 0 Å². The van der Waals surface area contributed by atoms with E-state index in [-0.39, 0.29) is 6.61 Å². The van der Waals surface area contributed by atoms with E-state index in [1.807, 2.05) is 12.1 Å². The predicted molar refractivity (Wildman–Crippen MR) is 73.7 cm³/mol. The van der Waals surface area contributed by atoms with Crippen molar-refractivity contribution in [1.82, 2.24) is 15.5 Å². The smallest absolute Gasteiger partial charge is 0.213 e. The summed E-state index contributed by atoms with van der Waals surface area (Å²) in [6, 6.07) is 5.48. The second-order valence-corrected chi connectivity index (χ2v) is 4.49. The summed E-state index contributed by atoms with van der Waals surface area (Å²) >= 11 is 6.01. The van der Waals surface area contributed by atoms with Gasteiger partial charge in [-0.05, 0) is 18.2 Å². The Labute approximate surface area is 122 Å².